The molecule has 0 aliphatic rings. The van der Waals surface area contributed by atoms with Crippen molar-refractivity contribution in [1.82, 2.24) is 20.6 Å². The number of rotatable bonds is 4. The van der Waals surface area contributed by atoms with Crippen LogP contribution in [0.25, 0.3) is 10.9 Å². The number of aliphatic imine (C=N–C) groups is 1. The normalized spacial score (nSPS) is 11.4. The monoisotopic (exact) mass is 455 g/mol. The predicted octanol–water partition coefficient (Wildman–Crippen LogP) is 3.72. The number of nitrogens with zero attached hydrogens (tertiary/aromatic N) is 2. The molecular formula is C17H22IN5S. The molecule has 2 heterocycles. The molecule has 0 saturated heterocycles. The fourth-order valence-electron chi connectivity index (χ4n) is 2.53. The topological polar surface area (TPSA) is 65.1 Å². The Balaban J connectivity index is 0.00000208. The number of guanidine groups is 1. The quantitative estimate of drug-likeness (QED) is 0.319. The van der Waals surface area contributed by atoms with Crippen molar-refractivity contribution in [3.63, 3.8) is 0 Å². The van der Waals surface area contributed by atoms with Gasteiger partial charge in [-0.05, 0) is 31.4 Å². The zero-order valence-corrected chi connectivity index (χ0v) is 17.2. The van der Waals surface area contributed by atoms with Crippen molar-refractivity contribution in [1.29, 1.82) is 0 Å². The molecule has 0 unspecified atom stereocenters. The second kappa shape index (κ2) is 8.48. The summed E-state index contributed by atoms with van der Waals surface area (Å²) in [6.07, 6.45) is 0. The van der Waals surface area contributed by atoms with Gasteiger partial charge in [-0.15, -0.1) is 35.3 Å². The van der Waals surface area contributed by atoms with Crippen LogP contribution >= 0.6 is 35.3 Å². The Bertz CT molecular complexity index is 803. The molecule has 0 fully saturated rings. The Labute approximate surface area is 163 Å². The van der Waals surface area contributed by atoms with E-state index in [2.05, 4.69) is 43.8 Å². The van der Waals surface area contributed by atoms with Crippen molar-refractivity contribution in [2.75, 3.05) is 7.05 Å². The third kappa shape index (κ3) is 4.47. The van der Waals surface area contributed by atoms with Crippen molar-refractivity contribution in [3.05, 3.63) is 51.6 Å². The summed E-state index contributed by atoms with van der Waals surface area (Å²) in [6, 6.07) is 10.4. The second-order valence-electron chi connectivity index (χ2n) is 5.40. The second-order valence-corrected chi connectivity index (χ2v) is 6.69. The van der Waals surface area contributed by atoms with Crippen LogP contribution in [0.3, 0.4) is 0 Å². The van der Waals surface area contributed by atoms with Crippen LogP contribution in [0.1, 0.15) is 21.3 Å². The Hall–Kier alpha value is -1.61. The number of hydrogen-bond donors (Lipinski definition) is 3. The van der Waals surface area contributed by atoms with E-state index in [1.165, 1.54) is 10.3 Å². The summed E-state index contributed by atoms with van der Waals surface area (Å²) in [6.45, 7) is 5.52. The van der Waals surface area contributed by atoms with Crippen LogP contribution in [-0.4, -0.2) is 23.0 Å². The highest BCUT2D eigenvalue weighted by atomic mass is 127. The predicted molar refractivity (Wildman–Crippen MR) is 112 cm³/mol. The van der Waals surface area contributed by atoms with Crippen molar-refractivity contribution in [2.45, 2.75) is 26.9 Å². The molecule has 0 bridgehead atoms. The molecule has 2 aromatic heterocycles. The lowest BCUT2D eigenvalue weighted by atomic mass is 10.2. The lowest BCUT2D eigenvalue weighted by Crippen LogP contribution is -2.36. The van der Waals surface area contributed by atoms with E-state index in [4.69, 9.17) is 0 Å². The van der Waals surface area contributed by atoms with E-state index < -0.39 is 0 Å². The fourth-order valence-corrected chi connectivity index (χ4v) is 3.41. The van der Waals surface area contributed by atoms with Crippen molar-refractivity contribution in [2.24, 2.45) is 4.99 Å². The van der Waals surface area contributed by atoms with Gasteiger partial charge in [-0.1, -0.05) is 18.2 Å². The molecule has 0 amide bonds. The van der Waals surface area contributed by atoms with E-state index in [9.17, 15) is 0 Å². The number of nitrogens with one attached hydrogen (secondary N) is 3. The van der Waals surface area contributed by atoms with Gasteiger partial charge >= 0.3 is 0 Å². The van der Waals surface area contributed by atoms with Gasteiger partial charge in [0.2, 0.25) is 0 Å². The summed E-state index contributed by atoms with van der Waals surface area (Å²) in [5, 5.41) is 9.00. The Morgan fingerprint density at radius 1 is 1.21 bits per heavy atom. The molecule has 5 nitrogen and oxygen atoms in total. The summed E-state index contributed by atoms with van der Waals surface area (Å²) in [5.74, 6) is 0.786. The van der Waals surface area contributed by atoms with E-state index in [0.29, 0.717) is 6.54 Å². The smallest absolute Gasteiger partial charge is 0.191 e. The number of H-pyrrole nitrogens is 1. The third-order valence-electron chi connectivity index (χ3n) is 3.67. The number of aromatic nitrogens is 2. The van der Waals surface area contributed by atoms with Crippen LogP contribution in [0, 0.1) is 13.8 Å². The fraction of sp³-hybridized carbons (Fsp3) is 0.294. The molecule has 7 heteroatoms. The van der Waals surface area contributed by atoms with E-state index in [0.717, 1.165) is 34.4 Å². The number of aromatic amines is 1. The molecule has 0 aliphatic heterocycles. The molecule has 0 atom stereocenters. The van der Waals surface area contributed by atoms with Crippen LogP contribution in [0.5, 0.6) is 0 Å². The molecule has 0 spiro atoms. The van der Waals surface area contributed by atoms with Crippen molar-refractivity contribution in [3.8, 4) is 0 Å². The number of aryl methyl sites for hydroxylation is 2. The van der Waals surface area contributed by atoms with Gasteiger partial charge in [0.1, 0.15) is 0 Å². The summed E-state index contributed by atoms with van der Waals surface area (Å²) < 4.78 is 0. The lowest BCUT2D eigenvalue weighted by Gasteiger charge is -2.10. The van der Waals surface area contributed by atoms with Gasteiger partial charge in [-0.25, -0.2) is 4.98 Å². The van der Waals surface area contributed by atoms with Gasteiger partial charge in [0, 0.05) is 23.1 Å². The average Bonchev–Trinajstić information content (AvgIpc) is 3.09. The molecule has 3 N–H and O–H groups in total. The van der Waals surface area contributed by atoms with E-state index >= 15 is 0 Å². The molecule has 24 heavy (non-hydrogen) atoms. The molecule has 128 valence electrons. The standard InChI is InChI=1S/C17H21N5S.HI/c1-11-16(23-12(2)21-11)10-20-17(18-3)19-9-14-8-13-6-4-5-7-15(13)22-14;/h4-8,22H,9-10H2,1-3H3,(H2,18,19,20);1H. The molecule has 3 aromatic rings. The molecular weight excluding hydrogens is 433 g/mol. The number of halogens is 1. The summed E-state index contributed by atoms with van der Waals surface area (Å²) in [5.41, 5.74) is 3.38. The minimum atomic E-state index is 0. The largest absolute Gasteiger partial charge is 0.357 e. The summed E-state index contributed by atoms with van der Waals surface area (Å²) in [7, 11) is 1.78. The molecule has 0 aliphatic carbocycles. The highest BCUT2D eigenvalue weighted by Crippen LogP contribution is 2.16. The van der Waals surface area contributed by atoms with E-state index in [1.807, 2.05) is 26.0 Å². The first kappa shape index (κ1) is 18.7. The first-order chi connectivity index (χ1) is 11.2. The Kier molecular flexibility index (Phi) is 6.61. The van der Waals surface area contributed by atoms with Gasteiger partial charge in [0.15, 0.2) is 5.96 Å². The van der Waals surface area contributed by atoms with Gasteiger partial charge in [-0.2, -0.15) is 0 Å². The Morgan fingerprint density at radius 3 is 2.62 bits per heavy atom. The van der Waals surface area contributed by atoms with Gasteiger partial charge in [0.05, 0.1) is 23.8 Å². The molecule has 0 saturated carbocycles. The van der Waals surface area contributed by atoms with Crippen molar-refractivity contribution >= 4 is 52.2 Å². The van der Waals surface area contributed by atoms with Gasteiger partial charge in [-0.3, -0.25) is 4.99 Å². The highest BCUT2D eigenvalue weighted by Gasteiger charge is 2.06. The van der Waals surface area contributed by atoms with Crippen LogP contribution in [0.2, 0.25) is 0 Å². The van der Waals surface area contributed by atoms with Crippen LogP contribution < -0.4 is 10.6 Å². The third-order valence-corrected chi connectivity index (χ3v) is 4.74. The summed E-state index contributed by atoms with van der Waals surface area (Å²) in [4.78, 5) is 13.4. The lowest BCUT2D eigenvalue weighted by molar-refractivity contribution is 0.801. The zero-order valence-electron chi connectivity index (χ0n) is 14.0. The minimum Gasteiger partial charge on any atom is -0.357 e. The van der Waals surface area contributed by atoms with Crippen LogP contribution in [0.4, 0.5) is 0 Å². The van der Waals surface area contributed by atoms with E-state index in [1.54, 1.807) is 18.4 Å². The van der Waals surface area contributed by atoms with Crippen LogP contribution in [-0.2, 0) is 13.1 Å². The number of para-hydroxylation sites is 1. The number of benzene rings is 1. The maximum atomic E-state index is 4.45. The maximum Gasteiger partial charge on any atom is 0.191 e. The van der Waals surface area contributed by atoms with E-state index in [-0.39, 0.29) is 24.0 Å². The number of hydrogen-bond acceptors (Lipinski definition) is 3. The van der Waals surface area contributed by atoms with Crippen molar-refractivity contribution < 1.29 is 0 Å². The van der Waals surface area contributed by atoms with Crippen LogP contribution in [0.15, 0.2) is 35.3 Å². The number of fused-ring (bicyclic) bond motifs is 1. The number of thiazole rings is 1. The van der Waals surface area contributed by atoms with Gasteiger partial charge < -0.3 is 15.6 Å². The minimum absolute atomic E-state index is 0. The molecule has 0 radical (unpaired) electrons. The SMILES string of the molecule is CN=C(NCc1cc2ccccc2[nH]1)NCc1sc(C)nc1C.I. The Morgan fingerprint density at radius 2 is 1.96 bits per heavy atom. The molecule has 1 aromatic carbocycles. The maximum absolute atomic E-state index is 4.45. The first-order valence-corrected chi connectivity index (χ1v) is 8.41. The van der Waals surface area contributed by atoms with Gasteiger partial charge in [0.25, 0.3) is 0 Å². The first-order valence-electron chi connectivity index (χ1n) is 7.60. The highest BCUT2D eigenvalue weighted by molar-refractivity contribution is 14.0. The zero-order chi connectivity index (χ0) is 16.2. The average molecular weight is 455 g/mol. The molecule has 3 rings (SSSR count). The summed E-state index contributed by atoms with van der Waals surface area (Å²) >= 11 is 1.72.